The molecule has 0 atom stereocenters. The lowest BCUT2D eigenvalue weighted by molar-refractivity contribution is 0.102. The van der Waals surface area contributed by atoms with Gasteiger partial charge >= 0.3 is 0 Å². The maximum atomic E-state index is 12.4. The van der Waals surface area contributed by atoms with E-state index >= 15 is 0 Å². The molecule has 0 aliphatic rings. The van der Waals surface area contributed by atoms with Crippen LogP contribution in [0.3, 0.4) is 0 Å². The first kappa shape index (κ1) is 14.1. The monoisotopic (exact) mass is 272 g/mol. The van der Waals surface area contributed by atoms with Crippen molar-refractivity contribution in [3.05, 3.63) is 41.1 Å². The maximum Gasteiger partial charge on any atom is 0.257 e. The van der Waals surface area contributed by atoms with Gasteiger partial charge in [0, 0.05) is 5.56 Å². The average Bonchev–Trinajstić information content (AvgIpc) is 2.70. The number of hydrogen-bond acceptors (Lipinski definition) is 3. The van der Waals surface area contributed by atoms with E-state index in [2.05, 4.69) is 36.3 Å². The molecule has 2 aromatic rings. The van der Waals surface area contributed by atoms with Gasteiger partial charge in [-0.3, -0.25) is 9.89 Å². The summed E-state index contributed by atoms with van der Waals surface area (Å²) in [7, 11) is 0. The van der Waals surface area contributed by atoms with Crippen LogP contribution in [-0.4, -0.2) is 16.1 Å². The minimum Gasteiger partial charge on any atom is -0.394 e. The highest BCUT2D eigenvalue weighted by atomic mass is 16.1. The van der Waals surface area contributed by atoms with Gasteiger partial charge in [-0.1, -0.05) is 39.0 Å². The number of nitrogens with zero attached hydrogens (tertiary/aromatic N) is 1. The van der Waals surface area contributed by atoms with E-state index < -0.39 is 0 Å². The molecule has 1 aromatic carbocycles. The van der Waals surface area contributed by atoms with E-state index in [1.54, 1.807) is 6.92 Å². The third-order valence-corrected chi connectivity index (χ3v) is 3.21. The molecule has 0 unspecified atom stereocenters. The highest BCUT2D eigenvalue weighted by Crippen LogP contribution is 2.27. The average molecular weight is 272 g/mol. The Bertz CT molecular complexity index is 638. The number of carbonyl (C=O) groups excluding carboxylic acids is 1. The van der Waals surface area contributed by atoms with E-state index in [1.807, 2.05) is 24.3 Å². The zero-order valence-corrected chi connectivity index (χ0v) is 12.2. The molecule has 5 nitrogen and oxygen atoms in total. The van der Waals surface area contributed by atoms with Crippen LogP contribution < -0.4 is 11.1 Å². The molecule has 2 rings (SSSR count). The number of H-pyrrole nitrogens is 1. The highest BCUT2D eigenvalue weighted by Gasteiger charge is 2.22. The second-order valence-corrected chi connectivity index (χ2v) is 5.86. The molecule has 5 heteroatoms. The van der Waals surface area contributed by atoms with Crippen LogP contribution in [0.5, 0.6) is 0 Å². The summed E-state index contributed by atoms with van der Waals surface area (Å²) in [5.41, 5.74) is 8.57. The second-order valence-electron chi connectivity index (χ2n) is 5.86. The fraction of sp³-hybridized carbons (Fsp3) is 0.333. The Labute approximate surface area is 118 Å². The van der Waals surface area contributed by atoms with Crippen LogP contribution in [0.15, 0.2) is 24.3 Å². The molecular weight excluding hydrogens is 252 g/mol. The lowest BCUT2D eigenvalue weighted by Gasteiger charge is -2.22. The van der Waals surface area contributed by atoms with Gasteiger partial charge in [-0.05, 0) is 24.0 Å². The Morgan fingerprint density at radius 2 is 1.95 bits per heavy atom. The Morgan fingerprint density at radius 1 is 1.30 bits per heavy atom. The first-order valence-electron chi connectivity index (χ1n) is 6.52. The number of carbonyl (C=O) groups is 1. The zero-order chi connectivity index (χ0) is 14.9. The summed E-state index contributed by atoms with van der Waals surface area (Å²) < 4.78 is 0. The van der Waals surface area contributed by atoms with Crippen molar-refractivity contribution in [1.29, 1.82) is 0 Å². The molecule has 0 saturated heterocycles. The maximum absolute atomic E-state index is 12.4. The summed E-state index contributed by atoms with van der Waals surface area (Å²) in [5, 5.41) is 9.49. The van der Waals surface area contributed by atoms with Crippen molar-refractivity contribution in [3.8, 4) is 0 Å². The van der Waals surface area contributed by atoms with E-state index in [4.69, 9.17) is 5.73 Å². The van der Waals surface area contributed by atoms with Gasteiger partial charge < -0.3 is 11.1 Å². The predicted molar refractivity (Wildman–Crippen MR) is 80.8 cm³/mol. The van der Waals surface area contributed by atoms with Crippen LogP contribution in [0.2, 0.25) is 0 Å². The summed E-state index contributed by atoms with van der Waals surface area (Å²) in [4.78, 5) is 12.4. The third-order valence-electron chi connectivity index (χ3n) is 3.21. The van der Waals surface area contributed by atoms with Crippen molar-refractivity contribution in [2.75, 3.05) is 11.1 Å². The number of nitrogens with two attached hydrogens (primary N) is 1. The topological polar surface area (TPSA) is 83.8 Å². The number of aryl methyl sites for hydroxylation is 1. The minimum atomic E-state index is -0.200. The molecule has 0 radical (unpaired) electrons. The second kappa shape index (κ2) is 5.00. The number of anilines is 2. The highest BCUT2D eigenvalue weighted by molar-refractivity contribution is 6.06. The molecule has 0 fully saturated rings. The number of nitrogens with one attached hydrogen (secondary N) is 2. The van der Waals surface area contributed by atoms with Crippen molar-refractivity contribution in [2.24, 2.45) is 0 Å². The Morgan fingerprint density at radius 3 is 2.50 bits per heavy atom. The standard InChI is InChI=1S/C15H20N4O/c1-9-12(16)13(19-18-9)17-14(20)10-7-5-6-8-11(10)15(2,3)4/h5-8H,16H2,1-4H3,(H2,17,18,19,20). The molecule has 0 bridgehead atoms. The van der Waals surface area contributed by atoms with Crippen molar-refractivity contribution in [1.82, 2.24) is 10.2 Å². The van der Waals surface area contributed by atoms with Crippen LogP contribution in [0, 0.1) is 6.92 Å². The van der Waals surface area contributed by atoms with Crippen LogP contribution >= 0.6 is 0 Å². The number of nitrogen functional groups attached to an aromatic ring is 1. The van der Waals surface area contributed by atoms with Crippen LogP contribution in [-0.2, 0) is 5.41 Å². The van der Waals surface area contributed by atoms with E-state index in [9.17, 15) is 4.79 Å². The molecule has 1 heterocycles. The summed E-state index contributed by atoms with van der Waals surface area (Å²) in [6.45, 7) is 8.03. The van der Waals surface area contributed by atoms with Gasteiger partial charge in [0.05, 0.1) is 11.4 Å². The molecule has 0 aliphatic heterocycles. The fourth-order valence-corrected chi connectivity index (χ4v) is 2.04. The van der Waals surface area contributed by atoms with Crippen molar-refractivity contribution < 1.29 is 4.79 Å². The molecule has 0 saturated carbocycles. The summed E-state index contributed by atoms with van der Waals surface area (Å²) in [5.74, 6) is 0.171. The number of rotatable bonds is 2. The predicted octanol–water partition coefficient (Wildman–Crippen LogP) is 2.85. The van der Waals surface area contributed by atoms with Crippen molar-refractivity contribution >= 4 is 17.4 Å². The first-order valence-corrected chi connectivity index (χ1v) is 6.52. The quantitative estimate of drug-likeness (QED) is 0.786. The van der Waals surface area contributed by atoms with Crippen molar-refractivity contribution in [3.63, 3.8) is 0 Å². The number of benzene rings is 1. The molecule has 0 aliphatic carbocycles. The largest absolute Gasteiger partial charge is 0.394 e. The van der Waals surface area contributed by atoms with Gasteiger partial charge in [0.1, 0.15) is 0 Å². The van der Waals surface area contributed by atoms with Gasteiger partial charge in [-0.15, -0.1) is 0 Å². The van der Waals surface area contributed by atoms with Gasteiger partial charge in [0.15, 0.2) is 5.82 Å². The summed E-state index contributed by atoms with van der Waals surface area (Å²) in [6.07, 6.45) is 0. The number of aromatic nitrogens is 2. The van der Waals surface area contributed by atoms with E-state index in [0.29, 0.717) is 17.1 Å². The van der Waals surface area contributed by atoms with Gasteiger partial charge in [0.2, 0.25) is 0 Å². The van der Waals surface area contributed by atoms with Crippen LogP contribution in [0.1, 0.15) is 42.4 Å². The number of aromatic amines is 1. The first-order chi connectivity index (χ1) is 9.30. The molecule has 4 N–H and O–H groups in total. The Kier molecular flexibility index (Phi) is 3.53. The van der Waals surface area contributed by atoms with Gasteiger partial charge in [0.25, 0.3) is 5.91 Å². The summed E-state index contributed by atoms with van der Waals surface area (Å²) >= 11 is 0. The van der Waals surface area contributed by atoms with E-state index in [-0.39, 0.29) is 11.3 Å². The summed E-state index contributed by atoms with van der Waals surface area (Å²) in [6, 6.07) is 7.56. The molecule has 1 amide bonds. The minimum absolute atomic E-state index is 0.110. The molecular formula is C15H20N4O. The third kappa shape index (κ3) is 2.66. The van der Waals surface area contributed by atoms with Gasteiger partial charge in [-0.25, -0.2) is 0 Å². The van der Waals surface area contributed by atoms with Crippen molar-refractivity contribution in [2.45, 2.75) is 33.1 Å². The molecule has 0 spiro atoms. The Hall–Kier alpha value is -2.30. The number of hydrogen-bond donors (Lipinski definition) is 3. The lowest BCUT2D eigenvalue weighted by atomic mass is 9.83. The van der Waals surface area contributed by atoms with Gasteiger partial charge in [-0.2, -0.15) is 5.10 Å². The van der Waals surface area contributed by atoms with Crippen LogP contribution in [0.4, 0.5) is 11.5 Å². The normalized spacial score (nSPS) is 11.4. The van der Waals surface area contributed by atoms with E-state index in [1.165, 1.54) is 0 Å². The fourth-order valence-electron chi connectivity index (χ4n) is 2.04. The molecule has 20 heavy (non-hydrogen) atoms. The smallest absolute Gasteiger partial charge is 0.257 e. The molecule has 106 valence electrons. The zero-order valence-electron chi connectivity index (χ0n) is 12.2. The molecule has 1 aromatic heterocycles. The Balaban J connectivity index is 2.33. The lowest BCUT2D eigenvalue weighted by Crippen LogP contribution is -2.21. The van der Waals surface area contributed by atoms with Crippen LogP contribution in [0.25, 0.3) is 0 Å². The number of amides is 1. The SMILES string of the molecule is Cc1[nH]nc(NC(=O)c2ccccc2C(C)(C)C)c1N. The van der Waals surface area contributed by atoms with E-state index in [0.717, 1.165) is 11.3 Å².